The van der Waals surface area contributed by atoms with Crippen LogP contribution >= 0.6 is 23.2 Å². The van der Waals surface area contributed by atoms with Gasteiger partial charge in [-0.2, -0.15) is 8.78 Å². The van der Waals surface area contributed by atoms with Crippen molar-refractivity contribution in [2.24, 2.45) is 0 Å². The van der Waals surface area contributed by atoms with Gasteiger partial charge >= 0.3 is 11.9 Å². The highest BCUT2D eigenvalue weighted by Crippen LogP contribution is 2.39. The lowest BCUT2D eigenvalue weighted by atomic mass is 10.1. The monoisotopic (exact) mass is 255 g/mol. The Labute approximate surface area is 93.4 Å². The van der Waals surface area contributed by atoms with Crippen LogP contribution in [0.4, 0.5) is 14.5 Å². The van der Waals surface area contributed by atoms with E-state index in [9.17, 15) is 13.6 Å². The summed E-state index contributed by atoms with van der Waals surface area (Å²) in [5, 5.41) is 7.46. The van der Waals surface area contributed by atoms with Crippen molar-refractivity contribution in [3.8, 4) is 0 Å². The molecule has 0 saturated heterocycles. The van der Waals surface area contributed by atoms with Gasteiger partial charge in [0.1, 0.15) is 0 Å². The van der Waals surface area contributed by atoms with Gasteiger partial charge in [-0.1, -0.05) is 23.2 Å². The second-order valence-corrected chi connectivity index (χ2v) is 3.47. The second kappa shape index (κ2) is 3.83. The average molecular weight is 256 g/mol. The van der Waals surface area contributed by atoms with Crippen LogP contribution in [0, 0.1) is 0 Å². The number of carbonyl (C=O) groups is 1. The lowest BCUT2D eigenvalue weighted by Crippen LogP contribution is -2.25. The fraction of sp³-hybridized carbons (Fsp3) is 0.125. The van der Waals surface area contributed by atoms with Crippen LogP contribution in [-0.4, -0.2) is 11.1 Å². The fourth-order valence-corrected chi connectivity index (χ4v) is 1.38. The van der Waals surface area contributed by atoms with Gasteiger partial charge in [0.15, 0.2) is 0 Å². The van der Waals surface area contributed by atoms with Crippen molar-refractivity contribution in [1.82, 2.24) is 0 Å². The van der Waals surface area contributed by atoms with E-state index in [2.05, 4.69) is 0 Å². The molecule has 0 bridgehead atoms. The van der Waals surface area contributed by atoms with Gasteiger partial charge in [0.05, 0.1) is 21.3 Å². The first-order chi connectivity index (χ1) is 6.78. The molecule has 1 rings (SSSR count). The molecule has 3 nitrogen and oxygen atoms in total. The summed E-state index contributed by atoms with van der Waals surface area (Å²) in [4.78, 5) is 10.3. The van der Waals surface area contributed by atoms with Crippen LogP contribution in [-0.2, 0) is 10.7 Å². The molecule has 82 valence electrons. The van der Waals surface area contributed by atoms with Gasteiger partial charge in [0.2, 0.25) is 0 Å². The summed E-state index contributed by atoms with van der Waals surface area (Å²) in [5.41, 5.74) is 4.43. The fourth-order valence-electron chi connectivity index (χ4n) is 0.922. The summed E-state index contributed by atoms with van der Waals surface area (Å²) in [7, 11) is 0. The van der Waals surface area contributed by atoms with Crippen molar-refractivity contribution in [3.05, 3.63) is 27.7 Å². The van der Waals surface area contributed by atoms with Crippen molar-refractivity contribution in [3.63, 3.8) is 0 Å². The molecule has 0 saturated carbocycles. The summed E-state index contributed by atoms with van der Waals surface area (Å²) in [6, 6.07) is 1.90. The van der Waals surface area contributed by atoms with Crippen molar-refractivity contribution in [2.45, 2.75) is 5.92 Å². The quantitative estimate of drug-likeness (QED) is 0.799. The normalized spacial score (nSPS) is 11.5. The number of benzene rings is 1. The minimum absolute atomic E-state index is 0.00612. The van der Waals surface area contributed by atoms with Gasteiger partial charge in [-0.3, -0.25) is 0 Å². The van der Waals surface area contributed by atoms with Gasteiger partial charge in [0.25, 0.3) is 0 Å². The Morgan fingerprint density at radius 1 is 1.33 bits per heavy atom. The van der Waals surface area contributed by atoms with E-state index >= 15 is 0 Å². The Kier molecular flexibility index (Phi) is 3.06. The Morgan fingerprint density at radius 2 is 1.87 bits per heavy atom. The molecular formula is C8H5Cl2F2NO2. The topological polar surface area (TPSA) is 63.3 Å². The number of hydrogen-bond donors (Lipinski definition) is 2. The lowest BCUT2D eigenvalue weighted by molar-refractivity contribution is -0.166. The summed E-state index contributed by atoms with van der Waals surface area (Å²) in [6.07, 6.45) is 0. The number of carboxylic acid groups (broad SMARTS) is 1. The average Bonchev–Trinajstić information content (AvgIpc) is 2.13. The molecule has 3 N–H and O–H groups in total. The van der Waals surface area contributed by atoms with Gasteiger partial charge < -0.3 is 10.8 Å². The van der Waals surface area contributed by atoms with E-state index in [1.807, 2.05) is 0 Å². The summed E-state index contributed by atoms with van der Waals surface area (Å²) in [5.74, 6) is -6.39. The Bertz CT molecular complexity index is 423. The third-order valence-corrected chi connectivity index (χ3v) is 2.62. The first-order valence-electron chi connectivity index (χ1n) is 3.63. The molecular weight excluding hydrogens is 251 g/mol. The van der Waals surface area contributed by atoms with Crippen LogP contribution in [0.15, 0.2) is 12.1 Å². The number of aliphatic carboxylic acids is 1. The molecule has 0 spiro atoms. The van der Waals surface area contributed by atoms with Crippen LogP contribution in [0.3, 0.4) is 0 Å². The van der Waals surface area contributed by atoms with E-state index in [1.165, 1.54) is 0 Å². The van der Waals surface area contributed by atoms with Crippen molar-refractivity contribution >= 4 is 34.9 Å². The standard InChI is InChI=1S/C8H5Cl2F2NO2/c9-5-3(8(11,12)7(14)15)1-2-4(13)6(5)10/h1-2H,13H2,(H,14,15). The highest BCUT2D eigenvalue weighted by atomic mass is 35.5. The van der Waals surface area contributed by atoms with Crippen LogP contribution < -0.4 is 5.73 Å². The zero-order chi connectivity index (χ0) is 11.8. The predicted octanol–water partition coefficient (Wildman–Crippen LogP) is 2.75. The molecule has 0 unspecified atom stereocenters. The second-order valence-electron chi connectivity index (χ2n) is 2.71. The first-order valence-corrected chi connectivity index (χ1v) is 4.39. The van der Waals surface area contributed by atoms with E-state index < -0.39 is 22.5 Å². The summed E-state index contributed by atoms with van der Waals surface area (Å²) in [6.45, 7) is 0. The van der Waals surface area contributed by atoms with Crippen molar-refractivity contribution in [2.75, 3.05) is 5.73 Å². The van der Waals surface area contributed by atoms with E-state index in [1.54, 1.807) is 0 Å². The van der Waals surface area contributed by atoms with Crippen molar-refractivity contribution < 1.29 is 18.7 Å². The third kappa shape index (κ3) is 1.98. The molecule has 1 aromatic carbocycles. The highest BCUT2D eigenvalue weighted by Gasteiger charge is 2.43. The number of nitrogens with two attached hydrogens (primary N) is 1. The van der Waals surface area contributed by atoms with Gasteiger partial charge in [-0.25, -0.2) is 4.79 Å². The van der Waals surface area contributed by atoms with E-state index in [4.69, 9.17) is 34.0 Å². The van der Waals surface area contributed by atoms with Gasteiger partial charge in [0, 0.05) is 0 Å². The maximum absolute atomic E-state index is 13.1. The zero-order valence-electron chi connectivity index (χ0n) is 7.10. The minimum Gasteiger partial charge on any atom is -0.477 e. The molecule has 0 aromatic heterocycles. The summed E-state index contributed by atoms with van der Waals surface area (Å²) < 4.78 is 26.1. The minimum atomic E-state index is -4.09. The van der Waals surface area contributed by atoms with Crippen molar-refractivity contribution in [1.29, 1.82) is 0 Å². The Balaban J connectivity index is 3.40. The van der Waals surface area contributed by atoms with Gasteiger partial charge in [-0.05, 0) is 12.1 Å². The molecule has 0 heterocycles. The SMILES string of the molecule is Nc1ccc(C(F)(F)C(=O)O)c(Cl)c1Cl. The maximum Gasteiger partial charge on any atom is 0.379 e. The molecule has 15 heavy (non-hydrogen) atoms. The lowest BCUT2D eigenvalue weighted by Gasteiger charge is -2.14. The van der Waals surface area contributed by atoms with E-state index in [0.717, 1.165) is 12.1 Å². The number of rotatable bonds is 2. The van der Waals surface area contributed by atoms with Crippen LogP contribution in [0.2, 0.25) is 10.0 Å². The zero-order valence-corrected chi connectivity index (χ0v) is 8.61. The largest absolute Gasteiger partial charge is 0.477 e. The number of hydrogen-bond acceptors (Lipinski definition) is 2. The molecule has 0 fully saturated rings. The number of nitrogen functional groups attached to an aromatic ring is 1. The van der Waals surface area contributed by atoms with E-state index in [0.29, 0.717) is 0 Å². The van der Waals surface area contributed by atoms with E-state index in [-0.39, 0.29) is 10.7 Å². The number of halogens is 4. The molecule has 0 radical (unpaired) electrons. The summed E-state index contributed by atoms with van der Waals surface area (Å²) >= 11 is 11.0. The molecule has 0 aliphatic heterocycles. The van der Waals surface area contributed by atoms with Crippen LogP contribution in [0.1, 0.15) is 5.56 Å². The molecule has 1 aromatic rings. The number of anilines is 1. The molecule has 7 heteroatoms. The third-order valence-electron chi connectivity index (χ3n) is 1.72. The highest BCUT2D eigenvalue weighted by molar-refractivity contribution is 6.44. The Hall–Kier alpha value is -1.07. The smallest absolute Gasteiger partial charge is 0.379 e. The predicted molar refractivity (Wildman–Crippen MR) is 52.4 cm³/mol. The molecule has 0 atom stereocenters. The van der Waals surface area contributed by atoms with Crippen LogP contribution in [0.25, 0.3) is 0 Å². The molecule has 0 aliphatic rings. The number of carboxylic acids is 1. The molecule has 0 amide bonds. The maximum atomic E-state index is 13.1. The van der Waals surface area contributed by atoms with Gasteiger partial charge in [-0.15, -0.1) is 0 Å². The number of alkyl halides is 2. The molecule has 0 aliphatic carbocycles. The first kappa shape index (κ1) is 12.0. The van der Waals surface area contributed by atoms with Crippen LogP contribution in [0.5, 0.6) is 0 Å². The Morgan fingerprint density at radius 3 is 2.33 bits per heavy atom.